The van der Waals surface area contributed by atoms with Crippen LogP contribution in [0.2, 0.25) is 0 Å². The normalized spacial score (nSPS) is 14.2. The Morgan fingerprint density at radius 3 is 2.21 bits per heavy atom. The van der Waals surface area contributed by atoms with E-state index in [1.165, 1.54) is 18.2 Å². The van der Waals surface area contributed by atoms with Crippen molar-refractivity contribution < 1.29 is 22.8 Å². The lowest BCUT2D eigenvalue weighted by molar-refractivity contribution is -0.137. The van der Waals surface area contributed by atoms with Gasteiger partial charge in [-0.2, -0.15) is 13.2 Å². The average molecular weight is 463 g/mol. The van der Waals surface area contributed by atoms with Gasteiger partial charge in [0.2, 0.25) is 5.91 Å². The second-order valence-corrected chi connectivity index (χ2v) is 7.99. The molecule has 1 aliphatic heterocycles. The predicted molar refractivity (Wildman–Crippen MR) is 123 cm³/mol. The molecule has 0 atom stereocenters. The van der Waals surface area contributed by atoms with E-state index in [1.54, 1.807) is 12.1 Å². The Hall–Kier alpha value is -3.23. The monoisotopic (exact) mass is 462 g/mol. The fraction of sp³-hybridized carbons (Fsp3) is 0.417. The number of carbonyl (C=O) groups excluding carboxylic acids is 2. The molecule has 1 saturated heterocycles. The van der Waals surface area contributed by atoms with Crippen molar-refractivity contribution in [1.29, 1.82) is 0 Å². The Morgan fingerprint density at radius 2 is 1.58 bits per heavy atom. The van der Waals surface area contributed by atoms with E-state index in [1.807, 2.05) is 17.0 Å². The van der Waals surface area contributed by atoms with Gasteiger partial charge in [0.15, 0.2) is 0 Å². The van der Waals surface area contributed by atoms with E-state index >= 15 is 0 Å². The number of rotatable bonds is 7. The number of nitrogens with one attached hydrogen (secondary N) is 2. The molecule has 0 unspecified atom stereocenters. The molecule has 33 heavy (non-hydrogen) atoms. The van der Waals surface area contributed by atoms with Crippen LogP contribution in [0.5, 0.6) is 0 Å². The Bertz CT molecular complexity index is 939. The zero-order valence-electron chi connectivity index (χ0n) is 18.6. The molecule has 9 heteroatoms. The largest absolute Gasteiger partial charge is 0.418 e. The molecule has 3 rings (SSSR count). The van der Waals surface area contributed by atoms with Crippen LogP contribution in [0, 0.1) is 0 Å². The molecule has 6 nitrogen and oxygen atoms in total. The van der Waals surface area contributed by atoms with Gasteiger partial charge < -0.3 is 20.4 Å². The third kappa shape index (κ3) is 6.87. The van der Waals surface area contributed by atoms with E-state index < -0.39 is 17.8 Å². The Balaban J connectivity index is 1.51. The molecule has 0 bridgehead atoms. The molecular formula is C24H29F3N4O2. The SMILES string of the molecule is CCCCCC(=O)N1CCN(c2ccc(NC(=O)Nc3ccccc3C(F)(F)F)cc2)CC1. The minimum atomic E-state index is -4.56. The number of carbonyl (C=O) groups is 2. The zero-order valence-corrected chi connectivity index (χ0v) is 18.6. The lowest BCUT2D eigenvalue weighted by atomic mass is 10.1. The molecule has 0 spiro atoms. The summed E-state index contributed by atoms with van der Waals surface area (Å²) in [5, 5.41) is 4.82. The van der Waals surface area contributed by atoms with Gasteiger partial charge in [0.1, 0.15) is 0 Å². The van der Waals surface area contributed by atoms with E-state index in [-0.39, 0.29) is 11.6 Å². The maximum Gasteiger partial charge on any atom is 0.418 e. The quantitative estimate of drug-likeness (QED) is 0.528. The van der Waals surface area contributed by atoms with Gasteiger partial charge in [-0.25, -0.2) is 4.79 Å². The summed E-state index contributed by atoms with van der Waals surface area (Å²) < 4.78 is 39.3. The first kappa shape index (κ1) is 24.4. The van der Waals surface area contributed by atoms with Crippen LogP contribution in [0.1, 0.15) is 38.2 Å². The second-order valence-electron chi connectivity index (χ2n) is 7.99. The van der Waals surface area contributed by atoms with E-state index in [0.29, 0.717) is 25.2 Å². The second kappa shape index (κ2) is 11.1. The van der Waals surface area contributed by atoms with Gasteiger partial charge in [-0.05, 0) is 42.8 Å². The number of unbranched alkanes of at least 4 members (excludes halogenated alkanes) is 2. The molecule has 1 fully saturated rings. The number of alkyl halides is 3. The first-order valence-corrected chi connectivity index (χ1v) is 11.1. The predicted octanol–water partition coefficient (Wildman–Crippen LogP) is 5.58. The minimum Gasteiger partial charge on any atom is -0.368 e. The van der Waals surface area contributed by atoms with Crippen molar-refractivity contribution in [2.24, 2.45) is 0 Å². The number of nitrogens with zero attached hydrogens (tertiary/aromatic N) is 2. The molecule has 1 aliphatic rings. The highest BCUT2D eigenvalue weighted by molar-refractivity contribution is 6.00. The first-order chi connectivity index (χ1) is 15.8. The number of piperazine rings is 1. The van der Waals surface area contributed by atoms with Crippen molar-refractivity contribution in [3.63, 3.8) is 0 Å². The number of halogens is 3. The van der Waals surface area contributed by atoms with Gasteiger partial charge in [-0.1, -0.05) is 31.9 Å². The highest BCUT2D eigenvalue weighted by Crippen LogP contribution is 2.34. The molecule has 2 N–H and O–H groups in total. The molecule has 0 aliphatic carbocycles. The summed E-state index contributed by atoms with van der Waals surface area (Å²) in [6.07, 6.45) is -0.869. The summed E-state index contributed by atoms with van der Waals surface area (Å²) in [6.45, 7) is 4.91. The van der Waals surface area contributed by atoms with Crippen molar-refractivity contribution in [1.82, 2.24) is 4.90 Å². The number of amides is 3. The highest BCUT2D eigenvalue weighted by atomic mass is 19.4. The molecule has 178 valence electrons. The van der Waals surface area contributed by atoms with Gasteiger partial charge >= 0.3 is 12.2 Å². The fourth-order valence-corrected chi connectivity index (χ4v) is 3.78. The maximum atomic E-state index is 13.1. The smallest absolute Gasteiger partial charge is 0.368 e. The topological polar surface area (TPSA) is 64.7 Å². The van der Waals surface area contributed by atoms with E-state index in [2.05, 4.69) is 22.5 Å². The molecule has 0 radical (unpaired) electrons. The molecule has 1 heterocycles. The Morgan fingerprint density at radius 1 is 0.909 bits per heavy atom. The zero-order chi connectivity index (χ0) is 23.8. The molecule has 2 aromatic carbocycles. The fourth-order valence-electron chi connectivity index (χ4n) is 3.78. The minimum absolute atomic E-state index is 0.209. The van der Waals surface area contributed by atoms with Gasteiger partial charge in [-0.3, -0.25) is 4.79 Å². The third-order valence-corrected chi connectivity index (χ3v) is 5.60. The van der Waals surface area contributed by atoms with Crippen LogP contribution in [-0.4, -0.2) is 43.0 Å². The van der Waals surface area contributed by atoms with Gasteiger partial charge in [-0.15, -0.1) is 0 Å². The number of hydrogen-bond donors (Lipinski definition) is 2. The summed E-state index contributed by atoms with van der Waals surface area (Å²) >= 11 is 0. The molecule has 2 aromatic rings. The van der Waals surface area contributed by atoms with Gasteiger partial charge in [0.25, 0.3) is 0 Å². The van der Waals surface area contributed by atoms with Crippen molar-refractivity contribution in [2.75, 3.05) is 41.7 Å². The third-order valence-electron chi connectivity index (χ3n) is 5.60. The molecular weight excluding hydrogens is 433 g/mol. The lowest BCUT2D eigenvalue weighted by Crippen LogP contribution is -2.48. The number of hydrogen-bond acceptors (Lipinski definition) is 3. The number of benzene rings is 2. The molecule has 3 amide bonds. The summed E-state index contributed by atoms with van der Waals surface area (Å²) in [4.78, 5) is 28.5. The van der Waals surface area contributed by atoms with Crippen molar-refractivity contribution in [2.45, 2.75) is 38.8 Å². The summed E-state index contributed by atoms with van der Waals surface area (Å²) in [5.41, 5.74) is 0.214. The van der Waals surface area contributed by atoms with E-state index in [4.69, 9.17) is 0 Å². The van der Waals surface area contributed by atoms with Crippen LogP contribution in [-0.2, 0) is 11.0 Å². The van der Waals surface area contributed by atoms with Crippen molar-refractivity contribution in [3.8, 4) is 0 Å². The van der Waals surface area contributed by atoms with Crippen LogP contribution in [0.15, 0.2) is 48.5 Å². The van der Waals surface area contributed by atoms with Gasteiger partial charge in [0.05, 0.1) is 11.3 Å². The molecule has 0 aromatic heterocycles. The van der Waals surface area contributed by atoms with Crippen LogP contribution in [0.25, 0.3) is 0 Å². The van der Waals surface area contributed by atoms with Crippen LogP contribution in [0.3, 0.4) is 0 Å². The Labute approximate surface area is 191 Å². The van der Waals surface area contributed by atoms with Crippen molar-refractivity contribution in [3.05, 3.63) is 54.1 Å². The number of anilines is 3. The lowest BCUT2D eigenvalue weighted by Gasteiger charge is -2.36. The standard InChI is InChI=1S/C24H29F3N4O2/c1-2-3-4-9-22(32)31-16-14-30(15-17-31)19-12-10-18(11-13-19)28-23(33)29-21-8-6-5-7-20(21)24(25,26)27/h5-8,10-13H,2-4,9,14-17H2,1H3,(H2,28,29,33). The average Bonchev–Trinajstić information content (AvgIpc) is 2.79. The van der Waals surface area contributed by atoms with E-state index in [0.717, 1.165) is 44.1 Å². The highest BCUT2D eigenvalue weighted by Gasteiger charge is 2.33. The van der Waals surface area contributed by atoms with Crippen LogP contribution >= 0.6 is 0 Å². The summed E-state index contributed by atoms with van der Waals surface area (Å²) in [7, 11) is 0. The number of urea groups is 1. The van der Waals surface area contributed by atoms with E-state index in [9.17, 15) is 22.8 Å². The van der Waals surface area contributed by atoms with Crippen molar-refractivity contribution >= 4 is 29.0 Å². The number of para-hydroxylation sites is 1. The summed E-state index contributed by atoms with van der Waals surface area (Å²) in [6, 6.07) is 11.2. The van der Waals surface area contributed by atoms with Crippen LogP contribution < -0.4 is 15.5 Å². The molecule has 0 saturated carbocycles. The van der Waals surface area contributed by atoms with Crippen LogP contribution in [0.4, 0.5) is 35.0 Å². The summed E-state index contributed by atoms with van der Waals surface area (Å²) in [5.74, 6) is 0.209. The first-order valence-electron chi connectivity index (χ1n) is 11.1. The van der Waals surface area contributed by atoms with Gasteiger partial charge in [0, 0.05) is 44.0 Å². The Kier molecular flexibility index (Phi) is 8.19. The maximum absolute atomic E-state index is 13.1.